The second-order valence-electron chi connectivity index (χ2n) is 5.11. The molecule has 18 heavy (non-hydrogen) atoms. The van der Waals surface area contributed by atoms with E-state index in [-0.39, 0.29) is 30.5 Å². The SMILES string of the molecule is O=C(O)COCCNC(=O)C1CC12CCNCC2. The molecule has 6 nitrogen and oxygen atoms in total. The van der Waals surface area contributed by atoms with Gasteiger partial charge in [-0.3, -0.25) is 4.79 Å². The summed E-state index contributed by atoms with van der Waals surface area (Å²) in [5.41, 5.74) is 0.247. The van der Waals surface area contributed by atoms with E-state index >= 15 is 0 Å². The van der Waals surface area contributed by atoms with E-state index < -0.39 is 5.97 Å². The lowest BCUT2D eigenvalue weighted by atomic mass is 9.92. The molecule has 1 unspecified atom stereocenters. The third-order valence-corrected chi connectivity index (χ3v) is 3.88. The Morgan fingerprint density at radius 3 is 2.78 bits per heavy atom. The molecule has 1 atom stereocenters. The van der Waals surface area contributed by atoms with Gasteiger partial charge in [0, 0.05) is 12.5 Å². The minimum absolute atomic E-state index is 0.0934. The first-order valence-electron chi connectivity index (χ1n) is 6.42. The first-order valence-corrected chi connectivity index (χ1v) is 6.42. The number of rotatable bonds is 6. The molecule has 1 aliphatic heterocycles. The number of carboxylic acid groups (broad SMARTS) is 1. The van der Waals surface area contributed by atoms with Gasteiger partial charge in [0.1, 0.15) is 6.61 Å². The Hall–Kier alpha value is -1.14. The van der Waals surface area contributed by atoms with E-state index in [0.29, 0.717) is 6.54 Å². The van der Waals surface area contributed by atoms with Crippen molar-refractivity contribution in [2.45, 2.75) is 19.3 Å². The molecule has 1 saturated carbocycles. The van der Waals surface area contributed by atoms with E-state index in [0.717, 1.165) is 32.4 Å². The van der Waals surface area contributed by atoms with Gasteiger partial charge in [-0.05, 0) is 37.8 Å². The van der Waals surface area contributed by atoms with Crippen molar-refractivity contribution < 1.29 is 19.4 Å². The van der Waals surface area contributed by atoms with Crippen molar-refractivity contribution in [2.75, 3.05) is 32.8 Å². The van der Waals surface area contributed by atoms with Crippen LogP contribution in [0.25, 0.3) is 0 Å². The third-order valence-electron chi connectivity index (χ3n) is 3.88. The lowest BCUT2D eigenvalue weighted by Gasteiger charge is -2.23. The molecule has 1 heterocycles. The highest BCUT2D eigenvalue weighted by Crippen LogP contribution is 2.58. The van der Waals surface area contributed by atoms with Crippen molar-refractivity contribution in [3.05, 3.63) is 0 Å². The Morgan fingerprint density at radius 1 is 1.39 bits per heavy atom. The van der Waals surface area contributed by atoms with Crippen molar-refractivity contribution >= 4 is 11.9 Å². The summed E-state index contributed by atoms with van der Waals surface area (Å²) in [7, 11) is 0. The van der Waals surface area contributed by atoms with Gasteiger partial charge in [0.05, 0.1) is 6.61 Å². The average Bonchev–Trinajstić information content (AvgIpc) is 3.03. The van der Waals surface area contributed by atoms with E-state index in [9.17, 15) is 9.59 Å². The highest BCUT2D eigenvalue weighted by Gasteiger charge is 2.57. The number of carboxylic acids is 1. The number of hydrogen-bond acceptors (Lipinski definition) is 4. The average molecular weight is 256 g/mol. The van der Waals surface area contributed by atoms with Gasteiger partial charge >= 0.3 is 5.97 Å². The van der Waals surface area contributed by atoms with Gasteiger partial charge in [0.25, 0.3) is 0 Å². The molecule has 6 heteroatoms. The van der Waals surface area contributed by atoms with Crippen LogP contribution in [-0.2, 0) is 14.3 Å². The molecule has 3 N–H and O–H groups in total. The second kappa shape index (κ2) is 5.67. The molecule has 2 fully saturated rings. The molecular formula is C12H20N2O4. The van der Waals surface area contributed by atoms with E-state index in [2.05, 4.69) is 10.6 Å². The Labute approximate surface area is 106 Å². The van der Waals surface area contributed by atoms with Crippen LogP contribution in [0.5, 0.6) is 0 Å². The largest absolute Gasteiger partial charge is 0.480 e. The number of amides is 1. The molecule has 0 bridgehead atoms. The van der Waals surface area contributed by atoms with E-state index in [1.165, 1.54) is 0 Å². The summed E-state index contributed by atoms with van der Waals surface area (Å²) in [6.07, 6.45) is 3.16. The summed E-state index contributed by atoms with van der Waals surface area (Å²) < 4.78 is 4.86. The number of aliphatic carboxylic acids is 1. The number of nitrogens with one attached hydrogen (secondary N) is 2. The van der Waals surface area contributed by atoms with Gasteiger partial charge in [0.2, 0.25) is 5.91 Å². The monoisotopic (exact) mass is 256 g/mol. The van der Waals surface area contributed by atoms with Crippen LogP contribution in [0.2, 0.25) is 0 Å². The van der Waals surface area contributed by atoms with Gasteiger partial charge < -0.3 is 20.5 Å². The smallest absolute Gasteiger partial charge is 0.329 e. The third kappa shape index (κ3) is 3.20. The van der Waals surface area contributed by atoms with Crippen molar-refractivity contribution in [3.8, 4) is 0 Å². The molecule has 0 aromatic carbocycles. The summed E-state index contributed by atoms with van der Waals surface area (Å²) in [6, 6.07) is 0. The zero-order valence-electron chi connectivity index (χ0n) is 10.4. The fourth-order valence-electron chi connectivity index (χ4n) is 2.72. The van der Waals surface area contributed by atoms with Gasteiger partial charge in [-0.15, -0.1) is 0 Å². The fraction of sp³-hybridized carbons (Fsp3) is 0.833. The van der Waals surface area contributed by atoms with E-state index in [1.54, 1.807) is 0 Å². The topological polar surface area (TPSA) is 87.7 Å². The standard InChI is InChI=1S/C12H20N2O4/c15-10(16)8-18-6-5-14-11(17)9-7-12(9)1-3-13-4-2-12/h9,13H,1-8H2,(H,14,17)(H,15,16). The zero-order valence-corrected chi connectivity index (χ0v) is 10.4. The molecule has 1 aliphatic carbocycles. The number of ether oxygens (including phenoxy) is 1. The van der Waals surface area contributed by atoms with Crippen LogP contribution in [0.15, 0.2) is 0 Å². The molecule has 2 rings (SSSR count). The van der Waals surface area contributed by atoms with Crippen LogP contribution < -0.4 is 10.6 Å². The van der Waals surface area contributed by atoms with Crippen LogP contribution in [0.3, 0.4) is 0 Å². The molecular weight excluding hydrogens is 236 g/mol. The Kier molecular flexibility index (Phi) is 4.19. The number of hydrogen-bond donors (Lipinski definition) is 3. The lowest BCUT2D eigenvalue weighted by molar-refractivity contribution is -0.142. The predicted octanol–water partition coefficient (Wildman–Crippen LogP) is -0.406. The molecule has 0 aromatic rings. The Morgan fingerprint density at radius 2 is 2.11 bits per heavy atom. The van der Waals surface area contributed by atoms with Crippen LogP contribution in [0.1, 0.15) is 19.3 Å². The molecule has 1 saturated heterocycles. The van der Waals surface area contributed by atoms with E-state index in [4.69, 9.17) is 9.84 Å². The summed E-state index contributed by atoms with van der Waals surface area (Å²) in [5, 5.41) is 14.5. The second-order valence-corrected chi connectivity index (χ2v) is 5.11. The Balaban J connectivity index is 1.60. The van der Waals surface area contributed by atoms with Gasteiger partial charge in [-0.25, -0.2) is 4.79 Å². The first kappa shape index (κ1) is 13.3. The lowest BCUT2D eigenvalue weighted by Crippen LogP contribution is -2.34. The number of carbonyl (C=O) groups excluding carboxylic acids is 1. The summed E-state index contributed by atoms with van der Waals surface area (Å²) in [6.45, 7) is 2.34. The predicted molar refractivity (Wildman–Crippen MR) is 64.1 cm³/mol. The quantitative estimate of drug-likeness (QED) is 0.562. The minimum atomic E-state index is -0.989. The van der Waals surface area contributed by atoms with Crippen LogP contribution >= 0.6 is 0 Å². The number of carbonyl (C=O) groups is 2. The molecule has 0 radical (unpaired) electrons. The fourth-order valence-corrected chi connectivity index (χ4v) is 2.72. The van der Waals surface area contributed by atoms with Crippen LogP contribution in [0, 0.1) is 11.3 Å². The summed E-state index contributed by atoms with van der Waals surface area (Å²) in [5.74, 6) is -0.743. The molecule has 1 amide bonds. The van der Waals surface area contributed by atoms with Crippen LogP contribution in [0.4, 0.5) is 0 Å². The Bertz CT molecular complexity index is 326. The van der Waals surface area contributed by atoms with Crippen LogP contribution in [-0.4, -0.2) is 49.8 Å². The van der Waals surface area contributed by atoms with Gasteiger partial charge in [-0.2, -0.15) is 0 Å². The van der Waals surface area contributed by atoms with Crippen molar-refractivity contribution in [1.29, 1.82) is 0 Å². The normalized spacial score (nSPS) is 24.8. The van der Waals surface area contributed by atoms with Gasteiger partial charge in [-0.1, -0.05) is 0 Å². The van der Waals surface area contributed by atoms with Crippen molar-refractivity contribution in [3.63, 3.8) is 0 Å². The molecule has 1 spiro atoms. The maximum absolute atomic E-state index is 11.9. The molecule has 2 aliphatic rings. The number of piperidine rings is 1. The van der Waals surface area contributed by atoms with Gasteiger partial charge in [0.15, 0.2) is 0 Å². The first-order chi connectivity index (χ1) is 8.64. The molecule has 102 valence electrons. The maximum atomic E-state index is 11.9. The molecule has 0 aromatic heterocycles. The van der Waals surface area contributed by atoms with Crippen molar-refractivity contribution in [1.82, 2.24) is 10.6 Å². The van der Waals surface area contributed by atoms with E-state index in [1.807, 2.05) is 0 Å². The highest BCUT2D eigenvalue weighted by atomic mass is 16.5. The zero-order chi connectivity index (χ0) is 13.0. The maximum Gasteiger partial charge on any atom is 0.329 e. The summed E-state index contributed by atoms with van der Waals surface area (Å²) >= 11 is 0. The van der Waals surface area contributed by atoms with Crippen molar-refractivity contribution in [2.24, 2.45) is 11.3 Å². The summed E-state index contributed by atoms with van der Waals surface area (Å²) in [4.78, 5) is 22.1. The minimum Gasteiger partial charge on any atom is -0.480 e. The highest BCUT2D eigenvalue weighted by molar-refractivity contribution is 5.82.